The molecule has 1 heterocycles. The molecule has 0 amide bonds. The minimum Gasteiger partial charge on any atom is -0.330 e. The molecule has 0 saturated carbocycles. The average molecular weight is 231 g/mol. The number of halogens is 1. The summed E-state index contributed by atoms with van der Waals surface area (Å²) in [5.74, 6) is 0.358. The van der Waals surface area contributed by atoms with Gasteiger partial charge in [-0.15, -0.1) is 0 Å². The van der Waals surface area contributed by atoms with Crippen LogP contribution in [0.5, 0.6) is 0 Å². The van der Waals surface area contributed by atoms with Crippen LogP contribution >= 0.6 is 0 Å². The van der Waals surface area contributed by atoms with E-state index in [0.29, 0.717) is 12.4 Å². The topological polar surface area (TPSA) is 51.8 Å². The largest absolute Gasteiger partial charge is 0.330 e. The normalized spacial score (nSPS) is 10.5. The zero-order chi connectivity index (χ0) is 12.3. The second-order valence-electron chi connectivity index (χ2n) is 3.87. The van der Waals surface area contributed by atoms with Crippen molar-refractivity contribution in [1.82, 2.24) is 9.97 Å². The van der Waals surface area contributed by atoms with Gasteiger partial charge in [-0.25, -0.2) is 14.4 Å². The van der Waals surface area contributed by atoms with Gasteiger partial charge in [-0.05, 0) is 43.8 Å². The van der Waals surface area contributed by atoms with Crippen molar-refractivity contribution in [2.75, 3.05) is 6.54 Å². The monoisotopic (exact) mass is 231 g/mol. The number of benzene rings is 1. The zero-order valence-electron chi connectivity index (χ0n) is 9.65. The predicted octanol–water partition coefficient (Wildman–Crippen LogP) is 2.09. The van der Waals surface area contributed by atoms with Crippen molar-refractivity contribution in [3.63, 3.8) is 0 Å². The maximum atomic E-state index is 12.8. The summed E-state index contributed by atoms with van der Waals surface area (Å²) in [4.78, 5) is 8.75. The van der Waals surface area contributed by atoms with Crippen LogP contribution in [0.15, 0.2) is 30.3 Å². The Morgan fingerprint density at radius 2 is 1.88 bits per heavy atom. The summed E-state index contributed by atoms with van der Waals surface area (Å²) in [5.41, 5.74) is 8.13. The lowest BCUT2D eigenvalue weighted by molar-refractivity contribution is 0.628. The van der Waals surface area contributed by atoms with E-state index >= 15 is 0 Å². The molecule has 0 fully saturated rings. The molecule has 0 atom stereocenters. The van der Waals surface area contributed by atoms with Crippen LogP contribution in [0.3, 0.4) is 0 Å². The maximum Gasteiger partial charge on any atom is 0.159 e. The van der Waals surface area contributed by atoms with Crippen molar-refractivity contribution >= 4 is 0 Å². The molecule has 4 heteroatoms. The van der Waals surface area contributed by atoms with E-state index in [1.54, 1.807) is 12.1 Å². The van der Waals surface area contributed by atoms with Crippen molar-refractivity contribution in [3.8, 4) is 11.4 Å². The molecule has 2 N–H and O–H groups in total. The Morgan fingerprint density at radius 1 is 1.18 bits per heavy atom. The summed E-state index contributed by atoms with van der Waals surface area (Å²) in [6, 6.07) is 8.08. The van der Waals surface area contributed by atoms with Gasteiger partial charge in [0.15, 0.2) is 5.82 Å². The van der Waals surface area contributed by atoms with E-state index in [9.17, 15) is 4.39 Å². The van der Waals surface area contributed by atoms with Gasteiger partial charge in [0, 0.05) is 23.4 Å². The van der Waals surface area contributed by atoms with Crippen molar-refractivity contribution < 1.29 is 4.39 Å². The first-order chi connectivity index (χ1) is 8.19. The molecule has 0 unspecified atom stereocenters. The minimum absolute atomic E-state index is 0.261. The Bertz CT molecular complexity index is 509. The standard InChI is InChI=1S/C13H14FN3/c1-9-8-12(6-7-15)17-13(16-9)10-2-4-11(14)5-3-10/h2-5,8H,6-7,15H2,1H3. The van der Waals surface area contributed by atoms with Gasteiger partial charge >= 0.3 is 0 Å². The number of rotatable bonds is 3. The Labute approximate surface area is 99.5 Å². The Balaban J connectivity index is 2.40. The van der Waals surface area contributed by atoms with E-state index in [-0.39, 0.29) is 5.82 Å². The summed E-state index contributed by atoms with van der Waals surface area (Å²) in [7, 11) is 0. The summed E-state index contributed by atoms with van der Waals surface area (Å²) in [5, 5.41) is 0. The fourth-order valence-electron chi connectivity index (χ4n) is 1.64. The summed E-state index contributed by atoms with van der Waals surface area (Å²) < 4.78 is 12.8. The van der Waals surface area contributed by atoms with Gasteiger partial charge in [0.1, 0.15) is 5.82 Å². The summed E-state index contributed by atoms with van der Waals surface area (Å²) in [6.45, 7) is 2.47. The molecular formula is C13H14FN3. The fourth-order valence-corrected chi connectivity index (χ4v) is 1.64. The van der Waals surface area contributed by atoms with Crippen LogP contribution in [-0.4, -0.2) is 16.5 Å². The van der Waals surface area contributed by atoms with Crippen LogP contribution in [0.4, 0.5) is 4.39 Å². The molecule has 2 aromatic rings. The van der Waals surface area contributed by atoms with Gasteiger partial charge in [0.25, 0.3) is 0 Å². The first-order valence-corrected chi connectivity index (χ1v) is 5.49. The number of nitrogens with zero attached hydrogens (tertiary/aromatic N) is 2. The quantitative estimate of drug-likeness (QED) is 0.880. The third kappa shape index (κ3) is 2.85. The van der Waals surface area contributed by atoms with Crippen molar-refractivity contribution in [3.05, 3.63) is 47.5 Å². The highest BCUT2D eigenvalue weighted by Crippen LogP contribution is 2.16. The molecule has 0 spiro atoms. The first kappa shape index (κ1) is 11.7. The van der Waals surface area contributed by atoms with Gasteiger partial charge in [0.2, 0.25) is 0 Å². The molecule has 17 heavy (non-hydrogen) atoms. The highest BCUT2D eigenvalue weighted by molar-refractivity contribution is 5.54. The average Bonchev–Trinajstić information content (AvgIpc) is 2.29. The van der Waals surface area contributed by atoms with Gasteiger partial charge in [-0.1, -0.05) is 0 Å². The van der Waals surface area contributed by atoms with Crippen LogP contribution in [0.25, 0.3) is 11.4 Å². The molecule has 0 radical (unpaired) electrons. The molecule has 1 aromatic carbocycles. The van der Waals surface area contributed by atoms with E-state index in [2.05, 4.69) is 9.97 Å². The molecule has 0 aliphatic rings. The molecule has 1 aromatic heterocycles. The lowest BCUT2D eigenvalue weighted by Gasteiger charge is -2.05. The van der Waals surface area contributed by atoms with Crippen LogP contribution in [0.2, 0.25) is 0 Å². The Hall–Kier alpha value is -1.81. The summed E-state index contributed by atoms with van der Waals surface area (Å²) in [6.07, 6.45) is 0.720. The molecule has 0 bridgehead atoms. The lowest BCUT2D eigenvalue weighted by Crippen LogP contribution is -2.06. The van der Waals surface area contributed by atoms with E-state index in [4.69, 9.17) is 5.73 Å². The lowest BCUT2D eigenvalue weighted by atomic mass is 10.2. The molecule has 0 aliphatic carbocycles. The van der Waals surface area contributed by atoms with Crippen LogP contribution < -0.4 is 5.73 Å². The van der Waals surface area contributed by atoms with Gasteiger partial charge in [0.05, 0.1) is 0 Å². The van der Waals surface area contributed by atoms with Crippen LogP contribution in [-0.2, 0) is 6.42 Å². The number of aromatic nitrogens is 2. The first-order valence-electron chi connectivity index (χ1n) is 5.49. The predicted molar refractivity (Wildman–Crippen MR) is 64.9 cm³/mol. The van der Waals surface area contributed by atoms with Gasteiger partial charge in [-0.2, -0.15) is 0 Å². The van der Waals surface area contributed by atoms with E-state index in [0.717, 1.165) is 23.4 Å². The third-order valence-electron chi connectivity index (χ3n) is 2.41. The Kier molecular flexibility index (Phi) is 3.44. The minimum atomic E-state index is -0.261. The fraction of sp³-hybridized carbons (Fsp3) is 0.231. The number of hydrogen-bond acceptors (Lipinski definition) is 3. The molecule has 0 saturated heterocycles. The van der Waals surface area contributed by atoms with Crippen molar-refractivity contribution in [2.24, 2.45) is 5.73 Å². The van der Waals surface area contributed by atoms with E-state index < -0.39 is 0 Å². The van der Waals surface area contributed by atoms with Crippen LogP contribution in [0.1, 0.15) is 11.4 Å². The highest BCUT2D eigenvalue weighted by Gasteiger charge is 2.04. The summed E-state index contributed by atoms with van der Waals surface area (Å²) >= 11 is 0. The molecular weight excluding hydrogens is 217 g/mol. The second-order valence-corrected chi connectivity index (χ2v) is 3.87. The smallest absolute Gasteiger partial charge is 0.159 e. The number of hydrogen-bond donors (Lipinski definition) is 1. The van der Waals surface area contributed by atoms with E-state index in [1.165, 1.54) is 12.1 Å². The van der Waals surface area contributed by atoms with E-state index in [1.807, 2.05) is 13.0 Å². The SMILES string of the molecule is Cc1cc(CCN)nc(-c2ccc(F)cc2)n1. The third-order valence-corrected chi connectivity index (χ3v) is 2.41. The maximum absolute atomic E-state index is 12.8. The molecule has 88 valence electrons. The zero-order valence-corrected chi connectivity index (χ0v) is 9.65. The van der Waals surface area contributed by atoms with Crippen LogP contribution in [0, 0.1) is 12.7 Å². The molecule has 2 rings (SSSR count). The number of nitrogens with two attached hydrogens (primary N) is 1. The van der Waals surface area contributed by atoms with Crippen molar-refractivity contribution in [1.29, 1.82) is 0 Å². The Morgan fingerprint density at radius 3 is 2.53 bits per heavy atom. The molecule has 0 aliphatic heterocycles. The second kappa shape index (κ2) is 5.01. The van der Waals surface area contributed by atoms with Crippen molar-refractivity contribution in [2.45, 2.75) is 13.3 Å². The van der Waals surface area contributed by atoms with Gasteiger partial charge < -0.3 is 5.73 Å². The molecule has 3 nitrogen and oxygen atoms in total. The van der Waals surface area contributed by atoms with Gasteiger partial charge in [-0.3, -0.25) is 0 Å². The number of aryl methyl sites for hydroxylation is 1. The highest BCUT2D eigenvalue weighted by atomic mass is 19.1.